The molecule has 1 saturated heterocycles. The molecule has 0 unspecified atom stereocenters. The van der Waals surface area contributed by atoms with E-state index in [1.165, 1.54) is 6.33 Å². The third-order valence-electron chi connectivity index (χ3n) is 3.31. The summed E-state index contributed by atoms with van der Waals surface area (Å²) < 4.78 is 5.37. The molecule has 1 N–H and O–H groups in total. The van der Waals surface area contributed by atoms with Gasteiger partial charge in [-0.2, -0.15) is 0 Å². The van der Waals surface area contributed by atoms with E-state index in [0.717, 1.165) is 12.8 Å². The number of carbonyl (C=O) groups is 2. The van der Waals surface area contributed by atoms with Crippen LogP contribution in [-0.2, 0) is 4.74 Å². The Hall–Kier alpha value is -2.18. The zero-order valence-electron chi connectivity index (χ0n) is 13.2. The Bertz CT molecular complexity index is 534. The van der Waals surface area contributed by atoms with Crippen molar-refractivity contribution >= 4 is 18.2 Å². The summed E-state index contributed by atoms with van der Waals surface area (Å²) in [6.07, 6.45) is 3.40. The van der Waals surface area contributed by atoms with Crippen LogP contribution in [0, 0.1) is 0 Å². The Labute approximate surface area is 130 Å². The van der Waals surface area contributed by atoms with Crippen LogP contribution >= 0.6 is 0 Å². The number of piperidine rings is 1. The molecule has 1 amide bonds. The van der Waals surface area contributed by atoms with E-state index in [9.17, 15) is 9.59 Å². The number of aromatic nitrogens is 2. The molecule has 1 aromatic rings. The number of aldehydes is 1. The first-order valence-corrected chi connectivity index (χ1v) is 7.39. The monoisotopic (exact) mass is 306 g/mol. The van der Waals surface area contributed by atoms with Crippen LogP contribution in [0.3, 0.4) is 0 Å². The topological polar surface area (TPSA) is 84.4 Å². The van der Waals surface area contributed by atoms with E-state index >= 15 is 0 Å². The summed E-state index contributed by atoms with van der Waals surface area (Å²) in [7, 11) is 0. The minimum absolute atomic E-state index is 0.216. The molecule has 0 spiro atoms. The van der Waals surface area contributed by atoms with Crippen molar-refractivity contribution in [3.8, 4) is 0 Å². The molecule has 0 atom stereocenters. The average Bonchev–Trinajstić information content (AvgIpc) is 2.46. The summed E-state index contributed by atoms with van der Waals surface area (Å²) in [5.74, 6) is 0.632. The smallest absolute Gasteiger partial charge is 0.410 e. The SMILES string of the molecule is CC(C)(C)OC(=O)N1CCC(Nc2cc(C=O)ncn2)CC1. The van der Waals surface area contributed by atoms with Crippen molar-refractivity contribution in [1.29, 1.82) is 0 Å². The summed E-state index contributed by atoms with van der Waals surface area (Å²) in [4.78, 5) is 32.3. The number of ether oxygens (including phenoxy) is 1. The van der Waals surface area contributed by atoms with Crippen molar-refractivity contribution in [3.63, 3.8) is 0 Å². The van der Waals surface area contributed by atoms with Crippen molar-refractivity contribution in [3.05, 3.63) is 18.1 Å². The Morgan fingerprint density at radius 1 is 1.36 bits per heavy atom. The summed E-state index contributed by atoms with van der Waals surface area (Å²) >= 11 is 0. The van der Waals surface area contributed by atoms with Crippen molar-refractivity contribution in [2.24, 2.45) is 0 Å². The lowest BCUT2D eigenvalue weighted by Crippen LogP contribution is -2.44. The van der Waals surface area contributed by atoms with Gasteiger partial charge in [-0.05, 0) is 33.6 Å². The van der Waals surface area contributed by atoms with Crippen molar-refractivity contribution < 1.29 is 14.3 Å². The molecule has 1 aromatic heterocycles. The summed E-state index contributed by atoms with van der Waals surface area (Å²) in [5, 5.41) is 3.27. The summed E-state index contributed by atoms with van der Waals surface area (Å²) in [6, 6.07) is 1.83. The van der Waals surface area contributed by atoms with Crippen molar-refractivity contribution in [1.82, 2.24) is 14.9 Å². The largest absolute Gasteiger partial charge is 0.444 e. The number of carbonyl (C=O) groups excluding carboxylic acids is 2. The average molecular weight is 306 g/mol. The molecule has 120 valence electrons. The Morgan fingerprint density at radius 2 is 2.05 bits per heavy atom. The predicted molar refractivity (Wildman–Crippen MR) is 81.9 cm³/mol. The third-order valence-corrected chi connectivity index (χ3v) is 3.31. The zero-order chi connectivity index (χ0) is 16.2. The number of amides is 1. The van der Waals surface area contributed by atoms with Crippen molar-refractivity contribution in [2.45, 2.75) is 45.3 Å². The second-order valence-corrected chi connectivity index (χ2v) is 6.33. The lowest BCUT2D eigenvalue weighted by molar-refractivity contribution is 0.0210. The van der Waals surface area contributed by atoms with E-state index in [2.05, 4.69) is 15.3 Å². The van der Waals surface area contributed by atoms with Gasteiger partial charge >= 0.3 is 6.09 Å². The second kappa shape index (κ2) is 6.72. The highest BCUT2D eigenvalue weighted by Crippen LogP contribution is 2.18. The standard InChI is InChI=1S/C15H22N4O3/c1-15(2,3)22-14(21)19-6-4-11(5-7-19)18-13-8-12(9-20)16-10-17-13/h8-11H,4-7H2,1-3H3,(H,16,17,18). The number of hydrogen-bond acceptors (Lipinski definition) is 6. The van der Waals surface area contributed by atoms with Gasteiger partial charge in [0.2, 0.25) is 0 Å². The van der Waals surface area contributed by atoms with E-state index < -0.39 is 5.60 Å². The van der Waals surface area contributed by atoms with Crippen LogP contribution in [0.5, 0.6) is 0 Å². The van der Waals surface area contributed by atoms with Crippen LogP contribution in [0.15, 0.2) is 12.4 Å². The molecule has 1 aliphatic rings. The molecule has 7 nitrogen and oxygen atoms in total. The van der Waals surface area contributed by atoms with Gasteiger partial charge in [-0.3, -0.25) is 4.79 Å². The van der Waals surface area contributed by atoms with Crippen LogP contribution in [0.25, 0.3) is 0 Å². The third kappa shape index (κ3) is 4.68. The minimum atomic E-state index is -0.474. The van der Waals surface area contributed by atoms with Gasteiger partial charge in [0.25, 0.3) is 0 Å². The predicted octanol–water partition coefficient (Wildman–Crippen LogP) is 2.10. The Kier molecular flexibility index (Phi) is 4.95. The van der Waals surface area contributed by atoms with Gasteiger partial charge in [0.15, 0.2) is 6.29 Å². The van der Waals surface area contributed by atoms with Gasteiger partial charge in [0.05, 0.1) is 0 Å². The molecule has 0 aromatic carbocycles. The Balaban J connectivity index is 1.84. The number of anilines is 1. The van der Waals surface area contributed by atoms with Gasteiger partial charge < -0.3 is 15.0 Å². The zero-order valence-corrected chi connectivity index (χ0v) is 13.2. The molecule has 7 heteroatoms. The van der Waals surface area contributed by atoms with Gasteiger partial charge in [-0.15, -0.1) is 0 Å². The van der Waals surface area contributed by atoms with Crippen LogP contribution in [-0.4, -0.2) is 52.0 Å². The molecule has 0 bridgehead atoms. The van der Waals surface area contributed by atoms with Crippen LogP contribution in [0.1, 0.15) is 44.1 Å². The molecular weight excluding hydrogens is 284 g/mol. The molecule has 0 radical (unpaired) electrons. The quantitative estimate of drug-likeness (QED) is 0.861. The van der Waals surface area contributed by atoms with E-state index in [4.69, 9.17) is 4.74 Å². The molecule has 2 rings (SSSR count). The fourth-order valence-electron chi connectivity index (χ4n) is 2.26. The van der Waals surface area contributed by atoms with Crippen molar-refractivity contribution in [2.75, 3.05) is 18.4 Å². The molecule has 1 aliphatic heterocycles. The van der Waals surface area contributed by atoms with Crippen LogP contribution in [0.4, 0.5) is 10.6 Å². The van der Waals surface area contributed by atoms with Gasteiger partial charge in [0.1, 0.15) is 23.4 Å². The first kappa shape index (κ1) is 16.2. The summed E-state index contributed by atoms with van der Waals surface area (Å²) in [5.41, 5.74) is -0.123. The molecule has 0 saturated carbocycles. The first-order valence-electron chi connectivity index (χ1n) is 7.39. The first-order chi connectivity index (χ1) is 10.4. The fraction of sp³-hybridized carbons (Fsp3) is 0.600. The maximum absolute atomic E-state index is 12.0. The van der Waals surface area contributed by atoms with Gasteiger partial charge in [-0.25, -0.2) is 14.8 Å². The van der Waals surface area contributed by atoms with Crippen LogP contribution in [0.2, 0.25) is 0 Å². The summed E-state index contributed by atoms with van der Waals surface area (Å²) in [6.45, 7) is 6.85. The highest BCUT2D eigenvalue weighted by atomic mass is 16.6. The number of hydrogen-bond donors (Lipinski definition) is 1. The molecule has 1 fully saturated rings. The van der Waals surface area contributed by atoms with E-state index in [1.54, 1.807) is 11.0 Å². The number of likely N-dealkylation sites (tertiary alicyclic amines) is 1. The number of rotatable bonds is 3. The highest BCUT2D eigenvalue weighted by molar-refractivity contribution is 5.73. The van der Waals surface area contributed by atoms with E-state index in [-0.39, 0.29) is 12.1 Å². The fourth-order valence-corrected chi connectivity index (χ4v) is 2.26. The second-order valence-electron chi connectivity index (χ2n) is 6.33. The maximum atomic E-state index is 12.0. The number of nitrogens with one attached hydrogen (secondary N) is 1. The maximum Gasteiger partial charge on any atom is 0.410 e. The minimum Gasteiger partial charge on any atom is -0.444 e. The molecule has 0 aliphatic carbocycles. The Morgan fingerprint density at radius 3 is 2.64 bits per heavy atom. The lowest BCUT2D eigenvalue weighted by atomic mass is 10.1. The van der Waals surface area contributed by atoms with E-state index in [1.807, 2.05) is 20.8 Å². The lowest BCUT2D eigenvalue weighted by Gasteiger charge is -2.33. The highest BCUT2D eigenvalue weighted by Gasteiger charge is 2.26. The van der Waals surface area contributed by atoms with Gasteiger partial charge in [-0.1, -0.05) is 0 Å². The van der Waals surface area contributed by atoms with Gasteiger partial charge in [0, 0.05) is 25.2 Å². The molecule has 2 heterocycles. The molecule has 22 heavy (non-hydrogen) atoms. The van der Waals surface area contributed by atoms with E-state index in [0.29, 0.717) is 30.9 Å². The van der Waals surface area contributed by atoms with Crippen LogP contribution < -0.4 is 5.32 Å². The molecular formula is C15H22N4O3. The normalized spacial score (nSPS) is 16.2. The number of nitrogens with zero attached hydrogens (tertiary/aromatic N) is 3.